The highest BCUT2D eigenvalue weighted by Crippen LogP contribution is 2.38. The van der Waals surface area contributed by atoms with Crippen LogP contribution in [0.1, 0.15) is 28.7 Å². The van der Waals surface area contributed by atoms with Crippen LogP contribution in [0.3, 0.4) is 0 Å². The number of aliphatic hydroxyl groups excluding tert-OH is 1. The lowest BCUT2D eigenvalue weighted by molar-refractivity contribution is 0.273. The number of aromatic nitrogens is 1. The molecule has 98 valence electrons. The molecule has 19 heavy (non-hydrogen) atoms. The van der Waals surface area contributed by atoms with E-state index in [-0.39, 0.29) is 18.4 Å². The van der Waals surface area contributed by atoms with Crippen molar-refractivity contribution < 1.29 is 5.11 Å². The summed E-state index contributed by atoms with van der Waals surface area (Å²) in [5, 5.41) is 18.7. The summed E-state index contributed by atoms with van der Waals surface area (Å²) in [4.78, 5) is 4.96. The maximum atomic E-state index is 9.46. The van der Waals surface area contributed by atoms with E-state index < -0.39 is 0 Å². The fourth-order valence-electron chi connectivity index (χ4n) is 2.11. The lowest BCUT2D eigenvalue weighted by Gasteiger charge is -2.20. The van der Waals surface area contributed by atoms with E-state index >= 15 is 0 Å². The molecule has 0 unspecified atom stereocenters. The molecule has 0 aliphatic heterocycles. The Morgan fingerprint density at radius 2 is 2.11 bits per heavy atom. The molecule has 2 atom stereocenters. The second-order valence-corrected chi connectivity index (χ2v) is 5.80. The van der Waals surface area contributed by atoms with E-state index in [9.17, 15) is 10.4 Å². The predicted molar refractivity (Wildman–Crippen MR) is 76.4 cm³/mol. The molecule has 0 fully saturated rings. The van der Waals surface area contributed by atoms with Gasteiger partial charge >= 0.3 is 0 Å². The van der Waals surface area contributed by atoms with E-state index in [2.05, 4.69) is 11.1 Å². The Balaban J connectivity index is 2.34. The summed E-state index contributed by atoms with van der Waals surface area (Å²) in [6.45, 7) is 0.0329. The lowest BCUT2D eigenvalue weighted by Crippen LogP contribution is -2.10. The topological polar surface area (TPSA) is 56.9 Å². The summed E-state index contributed by atoms with van der Waals surface area (Å²) in [6, 6.07) is 11.9. The average Bonchev–Trinajstić information content (AvgIpc) is 2.86. The van der Waals surface area contributed by atoms with Crippen molar-refractivity contribution in [2.45, 2.75) is 18.3 Å². The van der Waals surface area contributed by atoms with Crippen molar-refractivity contribution in [3.63, 3.8) is 0 Å². The van der Waals surface area contributed by atoms with E-state index in [1.807, 2.05) is 30.3 Å². The van der Waals surface area contributed by atoms with Gasteiger partial charge in [-0.15, -0.1) is 11.3 Å². The Morgan fingerprint density at radius 1 is 1.37 bits per heavy atom. The van der Waals surface area contributed by atoms with Crippen LogP contribution < -0.4 is 0 Å². The minimum atomic E-state index is -0.301. The van der Waals surface area contributed by atoms with Crippen LogP contribution in [0.5, 0.6) is 0 Å². The summed E-state index contributed by atoms with van der Waals surface area (Å²) in [5.74, 6) is -0.382. The summed E-state index contributed by atoms with van der Waals surface area (Å²) in [5.41, 5.74) is 0.952. The van der Waals surface area contributed by atoms with Crippen LogP contribution in [-0.2, 0) is 0 Å². The van der Waals surface area contributed by atoms with Crippen LogP contribution >= 0.6 is 22.9 Å². The molecule has 0 aliphatic carbocycles. The quantitative estimate of drug-likeness (QED) is 0.916. The van der Waals surface area contributed by atoms with Gasteiger partial charge in [0.15, 0.2) is 4.47 Å². The van der Waals surface area contributed by atoms with Gasteiger partial charge in [0.25, 0.3) is 0 Å². The third kappa shape index (κ3) is 3.32. The molecule has 1 N–H and O–H groups in total. The normalized spacial score (nSPS) is 13.7. The first-order valence-electron chi connectivity index (χ1n) is 5.93. The number of nitriles is 1. The van der Waals surface area contributed by atoms with Crippen molar-refractivity contribution in [1.29, 1.82) is 5.26 Å². The van der Waals surface area contributed by atoms with E-state index in [1.165, 1.54) is 11.3 Å². The summed E-state index contributed by atoms with van der Waals surface area (Å²) in [6.07, 6.45) is 2.21. The first kappa shape index (κ1) is 14.0. The zero-order valence-corrected chi connectivity index (χ0v) is 11.7. The molecule has 5 heteroatoms. The number of thiazole rings is 1. The molecule has 0 amide bonds. The van der Waals surface area contributed by atoms with Crippen LogP contribution in [0.2, 0.25) is 4.47 Å². The molecule has 0 spiro atoms. The molecule has 2 rings (SSSR count). The molecule has 2 aromatic rings. The molecule has 0 bridgehead atoms. The van der Waals surface area contributed by atoms with E-state index in [4.69, 9.17) is 11.6 Å². The molecule has 0 saturated heterocycles. The highest BCUT2D eigenvalue weighted by Gasteiger charge is 2.26. The highest BCUT2D eigenvalue weighted by atomic mass is 35.5. The molecular formula is C14H13ClN2OS. The SMILES string of the molecule is N#C[C@H](c1ccccc1)[C@@H](CCO)c1cnc(Cl)s1. The Hall–Kier alpha value is -1.41. The van der Waals surface area contributed by atoms with Gasteiger partial charge in [-0.2, -0.15) is 5.26 Å². The molecule has 0 aliphatic rings. The van der Waals surface area contributed by atoms with Gasteiger partial charge in [0.1, 0.15) is 0 Å². The summed E-state index contributed by atoms with van der Waals surface area (Å²) < 4.78 is 0.461. The number of benzene rings is 1. The maximum absolute atomic E-state index is 9.46. The first-order chi connectivity index (χ1) is 9.26. The van der Waals surface area contributed by atoms with Gasteiger partial charge in [-0.25, -0.2) is 4.98 Å². The van der Waals surface area contributed by atoms with Crippen molar-refractivity contribution in [3.05, 3.63) is 51.4 Å². The zero-order chi connectivity index (χ0) is 13.7. The van der Waals surface area contributed by atoms with Crippen molar-refractivity contribution in [2.24, 2.45) is 0 Å². The first-order valence-corrected chi connectivity index (χ1v) is 7.12. The standard InChI is InChI=1S/C14H13ClN2OS/c15-14-17-9-13(19-14)11(6-7-18)12(8-16)10-4-2-1-3-5-10/h1-5,9,11-12,18H,6-7H2/t11-,12-/m1/s1. The van der Waals surface area contributed by atoms with E-state index in [0.29, 0.717) is 10.9 Å². The molecular weight excluding hydrogens is 280 g/mol. The molecule has 0 radical (unpaired) electrons. The second-order valence-electron chi connectivity index (χ2n) is 4.15. The number of aliphatic hydroxyl groups is 1. The maximum Gasteiger partial charge on any atom is 0.183 e. The largest absolute Gasteiger partial charge is 0.396 e. The Labute approximate surface area is 121 Å². The summed E-state index contributed by atoms with van der Waals surface area (Å²) in [7, 11) is 0. The van der Waals surface area contributed by atoms with Crippen LogP contribution in [0.25, 0.3) is 0 Å². The number of nitrogens with zero attached hydrogens (tertiary/aromatic N) is 2. The van der Waals surface area contributed by atoms with Crippen molar-refractivity contribution in [2.75, 3.05) is 6.61 Å². The number of halogens is 1. The fraction of sp³-hybridized carbons (Fsp3) is 0.286. The van der Waals surface area contributed by atoms with E-state index in [1.54, 1.807) is 6.20 Å². The molecule has 1 heterocycles. The van der Waals surface area contributed by atoms with Gasteiger partial charge in [0.2, 0.25) is 0 Å². The monoisotopic (exact) mass is 292 g/mol. The van der Waals surface area contributed by atoms with Gasteiger partial charge in [-0.05, 0) is 12.0 Å². The highest BCUT2D eigenvalue weighted by molar-refractivity contribution is 7.15. The smallest absolute Gasteiger partial charge is 0.183 e. The van der Waals surface area contributed by atoms with Gasteiger partial charge in [-0.3, -0.25) is 0 Å². The van der Waals surface area contributed by atoms with Gasteiger partial charge in [0, 0.05) is 23.6 Å². The fourth-order valence-corrected chi connectivity index (χ4v) is 3.23. The Bertz CT molecular complexity index is 564. The van der Waals surface area contributed by atoms with Crippen molar-refractivity contribution in [1.82, 2.24) is 4.98 Å². The molecule has 3 nitrogen and oxygen atoms in total. The third-order valence-electron chi connectivity index (χ3n) is 3.00. The molecule has 0 saturated carbocycles. The van der Waals surface area contributed by atoms with Crippen molar-refractivity contribution >= 4 is 22.9 Å². The van der Waals surface area contributed by atoms with Crippen LogP contribution in [0.15, 0.2) is 36.5 Å². The zero-order valence-electron chi connectivity index (χ0n) is 10.2. The van der Waals surface area contributed by atoms with Crippen LogP contribution in [-0.4, -0.2) is 16.7 Å². The Morgan fingerprint density at radius 3 is 2.63 bits per heavy atom. The third-order valence-corrected chi connectivity index (χ3v) is 4.25. The average molecular weight is 293 g/mol. The Kier molecular flexibility index (Phi) is 4.92. The van der Waals surface area contributed by atoms with Crippen LogP contribution in [0.4, 0.5) is 0 Å². The summed E-state index contributed by atoms with van der Waals surface area (Å²) >= 11 is 7.23. The number of rotatable bonds is 5. The number of hydrogen-bond donors (Lipinski definition) is 1. The van der Waals surface area contributed by atoms with Gasteiger partial charge in [-0.1, -0.05) is 41.9 Å². The molecule has 1 aromatic heterocycles. The second kappa shape index (κ2) is 6.67. The number of hydrogen-bond acceptors (Lipinski definition) is 4. The van der Waals surface area contributed by atoms with Gasteiger partial charge in [0.05, 0.1) is 12.0 Å². The van der Waals surface area contributed by atoms with E-state index in [0.717, 1.165) is 10.4 Å². The minimum absolute atomic E-state index is 0.0329. The predicted octanol–water partition coefficient (Wildman–Crippen LogP) is 3.57. The van der Waals surface area contributed by atoms with Crippen LogP contribution in [0, 0.1) is 11.3 Å². The lowest BCUT2D eigenvalue weighted by atomic mass is 9.84. The minimum Gasteiger partial charge on any atom is -0.396 e. The van der Waals surface area contributed by atoms with Gasteiger partial charge < -0.3 is 5.11 Å². The molecule has 1 aromatic carbocycles. The van der Waals surface area contributed by atoms with Crippen molar-refractivity contribution in [3.8, 4) is 6.07 Å².